The fourth-order valence-corrected chi connectivity index (χ4v) is 2.77. The molecule has 0 saturated heterocycles. The molecule has 20 heavy (non-hydrogen) atoms. The summed E-state index contributed by atoms with van der Waals surface area (Å²) in [7, 11) is -3.37. The van der Waals surface area contributed by atoms with Crippen molar-refractivity contribution in [2.24, 2.45) is 0 Å². The smallest absolute Gasteiger partial charge is 0.177 e. The van der Waals surface area contributed by atoms with Gasteiger partial charge in [0.1, 0.15) is 17.0 Å². The Kier molecular flexibility index (Phi) is 2.79. The van der Waals surface area contributed by atoms with Gasteiger partial charge in [-0.05, 0) is 24.3 Å². The average molecular weight is 291 g/mol. The summed E-state index contributed by atoms with van der Waals surface area (Å²) >= 11 is 0. The minimum Gasteiger partial charge on any atom is -0.337 e. The molecule has 7 heteroatoms. The number of pyridine rings is 1. The fraction of sp³-hybridized carbons (Fsp3) is 0.0769. The first-order valence-electron chi connectivity index (χ1n) is 5.76. The van der Waals surface area contributed by atoms with Crippen molar-refractivity contribution < 1.29 is 12.8 Å². The number of fused-ring (bicyclic) bond motifs is 1. The number of rotatable bonds is 2. The number of nitrogens with zero attached hydrogens (tertiary/aromatic N) is 2. The van der Waals surface area contributed by atoms with Crippen molar-refractivity contribution in [2.45, 2.75) is 4.90 Å². The Morgan fingerprint density at radius 3 is 2.65 bits per heavy atom. The second kappa shape index (κ2) is 4.38. The van der Waals surface area contributed by atoms with Gasteiger partial charge in [-0.15, -0.1) is 0 Å². The molecule has 0 unspecified atom stereocenters. The van der Waals surface area contributed by atoms with Crippen molar-refractivity contribution in [1.82, 2.24) is 15.0 Å². The molecular weight excluding hydrogens is 281 g/mol. The monoisotopic (exact) mass is 291 g/mol. The summed E-state index contributed by atoms with van der Waals surface area (Å²) in [6.07, 6.45) is 2.21. The maximum Gasteiger partial charge on any atom is 0.177 e. The van der Waals surface area contributed by atoms with Gasteiger partial charge < -0.3 is 4.98 Å². The van der Waals surface area contributed by atoms with Crippen LogP contribution in [0.5, 0.6) is 0 Å². The van der Waals surface area contributed by atoms with Gasteiger partial charge in [-0.1, -0.05) is 6.07 Å². The van der Waals surface area contributed by atoms with E-state index in [-0.39, 0.29) is 4.90 Å². The molecule has 0 amide bonds. The molecule has 0 saturated carbocycles. The van der Waals surface area contributed by atoms with E-state index in [9.17, 15) is 12.8 Å². The van der Waals surface area contributed by atoms with Crippen LogP contribution in [0.3, 0.4) is 0 Å². The number of benzene rings is 1. The number of imidazole rings is 1. The number of para-hydroxylation sites is 1. The van der Waals surface area contributed by atoms with Gasteiger partial charge in [0.15, 0.2) is 15.7 Å². The van der Waals surface area contributed by atoms with Gasteiger partial charge in [-0.3, -0.25) is 0 Å². The van der Waals surface area contributed by atoms with E-state index >= 15 is 0 Å². The fourth-order valence-electron chi connectivity index (χ4n) is 1.94. The lowest BCUT2D eigenvalue weighted by molar-refractivity contribution is 0.602. The quantitative estimate of drug-likeness (QED) is 0.785. The van der Waals surface area contributed by atoms with E-state index in [1.54, 1.807) is 12.1 Å². The Morgan fingerprint density at radius 1 is 1.20 bits per heavy atom. The summed E-state index contributed by atoms with van der Waals surface area (Å²) < 4.78 is 36.3. The molecule has 1 aromatic carbocycles. The van der Waals surface area contributed by atoms with Gasteiger partial charge >= 0.3 is 0 Å². The van der Waals surface area contributed by atoms with E-state index in [0.717, 1.165) is 12.5 Å². The Balaban J connectivity index is 2.23. The van der Waals surface area contributed by atoms with Crippen LogP contribution in [-0.2, 0) is 9.84 Å². The molecule has 3 rings (SSSR count). The Hall–Kier alpha value is -2.28. The van der Waals surface area contributed by atoms with Crippen LogP contribution in [0.2, 0.25) is 0 Å². The highest BCUT2D eigenvalue weighted by atomic mass is 32.2. The highest BCUT2D eigenvalue weighted by Gasteiger charge is 2.16. The van der Waals surface area contributed by atoms with Gasteiger partial charge in [0.05, 0.1) is 16.6 Å². The summed E-state index contributed by atoms with van der Waals surface area (Å²) in [4.78, 5) is 11.3. The number of aromatic nitrogens is 3. The third-order valence-corrected chi connectivity index (χ3v) is 3.97. The van der Waals surface area contributed by atoms with Gasteiger partial charge in [-0.2, -0.15) is 0 Å². The van der Waals surface area contributed by atoms with Gasteiger partial charge in [0.25, 0.3) is 0 Å². The molecule has 0 aliphatic carbocycles. The molecule has 102 valence electrons. The van der Waals surface area contributed by atoms with Gasteiger partial charge in [0, 0.05) is 6.26 Å². The largest absolute Gasteiger partial charge is 0.337 e. The summed E-state index contributed by atoms with van der Waals surface area (Å²) in [5, 5.41) is 0. The molecule has 1 N–H and O–H groups in total. The van der Waals surface area contributed by atoms with Crippen LogP contribution in [0.15, 0.2) is 41.4 Å². The van der Waals surface area contributed by atoms with Crippen molar-refractivity contribution in [2.75, 3.05) is 6.26 Å². The van der Waals surface area contributed by atoms with Crippen LogP contribution in [0, 0.1) is 5.82 Å². The number of halogens is 1. The second-order valence-electron chi connectivity index (χ2n) is 4.37. The third kappa shape index (κ3) is 2.16. The zero-order chi connectivity index (χ0) is 14.3. The zero-order valence-electron chi connectivity index (χ0n) is 10.5. The van der Waals surface area contributed by atoms with Crippen molar-refractivity contribution in [1.29, 1.82) is 0 Å². The predicted octanol–water partition coefficient (Wildman–Crippen LogP) is 2.17. The molecular formula is C13H10FN3O2S. The summed E-state index contributed by atoms with van der Waals surface area (Å²) in [6.45, 7) is 0. The van der Waals surface area contributed by atoms with Crippen LogP contribution >= 0.6 is 0 Å². The predicted molar refractivity (Wildman–Crippen MR) is 72.4 cm³/mol. The summed E-state index contributed by atoms with van der Waals surface area (Å²) in [5.74, 6) is -0.0437. The Labute approximate surface area is 114 Å². The molecule has 3 aromatic rings. The molecule has 0 aliphatic rings. The van der Waals surface area contributed by atoms with Crippen LogP contribution in [-0.4, -0.2) is 29.6 Å². The zero-order valence-corrected chi connectivity index (χ0v) is 11.3. The van der Waals surface area contributed by atoms with Crippen LogP contribution in [0.25, 0.3) is 22.6 Å². The topological polar surface area (TPSA) is 75.7 Å². The number of nitrogens with one attached hydrogen (secondary N) is 1. The SMILES string of the molecule is CS(=O)(=O)c1cccc2[nH]c(-c3ccc(F)cn3)nc12. The summed E-state index contributed by atoms with van der Waals surface area (Å²) in [6, 6.07) is 7.61. The normalized spacial score (nSPS) is 11.9. The van der Waals surface area contributed by atoms with E-state index in [0.29, 0.717) is 22.6 Å². The minimum absolute atomic E-state index is 0.152. The van der Waals surface area contributed by atoms with E-state index in [1.165, 1.54) is 18.2 Å². The lowest BCUT2D eigenvalue weighted by Crippen LogP contribution is -1.97. The van der Waals surface area contributed by atoms with E-state index in [1.807, 2.05) is 0 Å². The number of hydrogen-bond acceptors (Lipinski definition) is 4. The Bertz CT molecular complexity index is 886. The molecule has 0 radical (unpaired) electrons. The molecule has 0 fully saturated rings. The van der Waals surface area contributed by atoms with Crippen molar-refractivity contribution >= 4 is 20.9 Å². The third-order valence-electron chi connectivity index (χ3n) is 2.85. The molecule has 0 atom stereocenters. The molecule has 2 aromatic heterocycles. The standard InChI is InChI=1S/C13H10FN3O2S/c1-20(18,19)11-4-2-3-9-12(11)17-13(16-9)10-6-5-8(14)7-15-10/h2-7H,1H3,(H,16,17). The lowest BCUT2D eigenvalue weighted by atomic mass is 10.3. The summed E-state index contributed by atoms with van der Waals surface area (Å²) in [5.41, 5.74) is 1.40. The Morgan fingerprint density at radius 2 is 2.00 bits per heavy atom. The highest BCUT2D eigenvalue weighted by Crippen LogP contribution is 2.24. The molecule has 0 aliphatic heterocycles. The lowest BCUT2D eigenvalue weighted by Gasteiger charge is -1.97. The average Bonchev–Trinajstić information content (AvgIpc) is 2.81. The van der Waals surface area contributed by atoms with Crippen molar-refractivity contribution in [3.05, 3.63) is 42.3 Å². The maximum absolute atomic E-state index is 12.9. The van der Waals surface area contributed by atoms with Gasteiger partial charge in [0.2, 0.25) is 0 Å². The van der Waals surface area contributed by atoms with Crippen LogP contribution < -0.4 is 0 Å². The van der Waals surface area contributed by atoms with Crippen molar-refractivity contribution in [3.8, 4) is 11.5 Å². The van der Waals surface area contributed by atoms with E-state index < -0.39 is 15.7 Å². The number of H-pyrrole nitrogens is 1. The number of aromatic amines is 1. The maximum atomic E-state index is 12.9. The first-order valence-corrected chi connectivity index (χ1v) is 7.65. The first-order chi connectivity index (χ1) is 9.45. The van der Waals surface area contributed by atoms with Gasteiger partial charge in [-0.25, -0.2) is 22.8 Å². The van der Waals surface area contributed by atoms with Crippen molar-refractivity contribution in [3.63, 3.8) is 0 Å². The molecule has 2 heterocycles. The molecule has 0 bridgehead atoms. The number of sulfone groups is 1. The molecule has 5 nitrogen and oxygen atoms in total. The van der Waals surface area contributed by atoms with Crippen LogP contribution in [0.1, 0.15) is 0 Å². The first kappa shape index (κ1) is 12.7. The number of hydrogen-bond donors (Lipinski definition) is 1. The minimum atomic E-state index is -3.37. The molecule has 0 spiro atoms. The van der Waals surface area contributed by atoms with E-state index in [2.05, 4.69) is 15.0 Å². The highest BCUT2D eigenvalue weighted by molar-refractivity contribution is 7.91. The van der Waals surface area contributed by atoms with Crippen LogP contribution in [0.4, 0.5) is 4.39 Å². The second-order valence-corrected chi connectivity index (χ2v) is 6.36. The van der Waals surface area contributed by atoms with E-state index in [4.69, 9.17) is 0 Å².